The predicted octanol–water partition coefficient (Wildman–Crippen LogP) is 2.70. The fraction of sp³-hybridized carbons (Fsp3) is 0.400. The number of nitro benzene ring substituents is 1. The Balaban J connectivity index is 1.80. The van der Waals surface area contributed by atoms with Crippen molar-refractivity contribution in [3.05, 3.63) is 40.4 Å². The van der Waals surface area contributed by atoms with Gasteiger partial charge >= 0.3 is 0 Å². The summed E-state index contributed by atoms with van der Waals surface area (Å²) in [4.78, 5) is 14.9. The lowest BCUT2D eigenvalue weighted by Crippen LogP contribution is -2.31. The molecule has 0 radical (unpaired) electrons. The van der Waals surface area contributed by atoms with Gasteiger partial charge in [-0.25, -0.2) is 4.98 Å². The minimum absolute atomic E-state index is 0.0953. The number of anilines is 1. The third-order valence-corrected chi connectivity index (χ3v) is 3.78. The summed E-state index contributed by atoms with van der Waals surface area (Å²) in [7, 11) is 0. The van der Waals surface area contributed by atoms with Crippen LogP contribution in [0.2, 0.25) is 0 Å². The normalized spacial score (nSPS) is 19.1. The zero-order chi connectivity index (χ0) is 14.7. The topological polar surface area (TPSA) is 80.1 Å². The fourth-order valence-electron chi connectivity index (χ4n) is 2.66. The molecule has 1 aliphatic heterocycles. The molecule has 6 nitrogen and oxygen atoms in total. The zero-order valence-electron chi connectivity index (χ0n) is 11.7. The number of pyridine rings is 1. The van der Waals surface area contributed by atoms with Crippen LogP contribution in [0.15, 0.2) is 30.3 Å². The molecule has 1 aromatic heterocycles. The first kappa shape index (κ1) is 13.8. The molecule has 1 unspecified atom stereocenters. The molecule has 110 valence electrons. The molecular weight excluding hydrogens is 268 g/mol. The van der Waals surface area contributed by atoms with Gasteiger partial charge in [0.15, 0.2) is 0 Å². The summed E-state index contributed by atoms with van der Waals surface area (Å²) in [5, 5.41) is 18.4. The summed E-state index contributed by atoms with van der Waals surface area (Å²) in [6, 6.07) is 8.89. The average Bonchev–Trinajstić information content (AvgIpc) is 2.75. The van der Waals surface area contributed by atoms with Gasteiger partial charge in [-0.15, -0.1) is 0 Å². The quantitative estimate of drug-likeness (QED) is 0.670. The number of fused-ring (bicyclic) bond motifs is 1. The third kappa shape index (κ3) is 3.28. The van der Waals surface area contributed by atoms with Crippen molar-refractivity contribution in [2.75, 3.05) is 18.4 Å². The van der Waals surface area contributed by atoms with Gasteiger partial charge in [0.25, 0.3) is 5.69 Å². The van der Waals surface area contributed by atoms with Crippen molar-refractivity contribution in [1.29, 1.82) is 0 Å². The van der Waals surface area contributed by atoms with E-state index in [2.05, 4.69) is 15.6 Å². The molecule has 1 aliphatic rings. The summed E-state index contributed by atoms with van der Waals surface area (Å²) in [5.74, 6) is 0.824. The molecule has 2 heterocycles. The molecule has 1 saturated heterocycles. The van der Waals surface area contributed by atoms with Gasteiger partial charge < -0.3 is 10.6 Å². The van der Waals surface area contributed by atoms with Gasteiger partial charge in [0.1, 0.15) is 5.82 Å². The highest BCUT2D eigenvalue weighted by Gasteiger charge is 2.12. The predicted molar refractivity (Wildman–Crippen MR) is 82.5 cm³/mol. The molecule has 21 heavy (non-hydrogen) atoms. The van der Waals surface area contributed by atoms with Gasteiger partial charge in [-0.3, -0.25) is 10.1 Å². The van der Waals surface area contributed by atoms with E-state index in [4.69, 9.17) is 0 Å². The van der Waals surface area contributed by atoms with Crippen molar-refractivity contribution < 1.29 is 4.92 Å². The third-order valence-electron chi connectivity index (χ3n) is 3.78. The number of aromatic nitrogens is 1. The highest BCUT2D eigenvalue weighted by Crippen LogP contribution is 2.21. The van der Waals surface area contributed by atoms with E-state index < -0.39 is 0 Å². The fourth-order valence-corrected chi connectivity index (χ4v) is 2.66. The van der Waals surface area contributed by atoms with Gasteiger partial charge in [0, 0.05) is 30.1 Å². The van der Waals surface area contributed by atoms with Crippen LogP contribution >= 0.6 is 0 Å². The Morgan fingerprint density at radius 1 is 1.29 bits per heavy atom. The summed E-state index contributed by atoms with van der Waals surface area (Å²) < 4.78 is 0. The van der Waals surface area contributed by atoms with Crippen LogP contribution < -0.4 is 10.6 Å². The van der Waals surface area contributed by atoms with Gasteiger partial charge in [-0.2, -0.15) is 0 Å². The lowest BCUT2D eigenvalue weighted by molar-refractivity contribution is -0.384. The van der Waals surface area contributed by atoms with Crippen LogP contribution in [0.1, 0.15) is 19.3 Å². The molecule has 0 bridgehead atoms. The number of nitrogens with one attached hydrogen (secondary N) is 2. The standard InChI is InChI=1S/C15H18N4O2/c20-19(21)13-5-6-14-11(9-13)4-7-15(18-14)17-12-3-1-2-8-16-10-12/h4-7,9,12,16H,1-3,8,10H2,(H,17,18). The van der Waals surface area contributed by atoms with Crippen LogP contribution in [0.25, 0.3) is 10.9 Å². The van der Waals surface area contributed by atoms with Gasteiger partial charge in [-0.1, -0.05) is 6.42 Å². The molecule has 1 fully saturated rings. The van der Waals surface area contributed by atoms with Crippen LogP contribution in [0.4, 0.5) is 11.5 Å². The van der Waals surface area contributed by atoms with E-state index in [-0.39, 0.29) is 10.6 Å². The van der Waals surface area contributed by atoms with Crippen molar-refractivity contribution >= 4 is 22.4 Å². The smallest absolute Gasteiger partial charge is 0.270 e. The highest BCUT2D eigenvalue weighted by atomic mass is 16.6. The molecular formula is C15H18N4O2. The minimum atomic E-state index is -0.386. The number of non-ortho nitro benzene ring substituents is 1. The number of nitrogens with zero attached hydrogens (tertiary/aromatic N) is 2. The maximum absolute atomic E-state index is 10.8. The number of nitro groups is 1. The van der Waals surface area contributed by atoms with Gasteiger partial charge in [0.05, 0.1) is 10.4 Å². The van der Waals surface area contributed by atoms with E-state index in [1.54, 1.807) is 12.1 Å². The van der Waals surface area contributed by atoms with E-state index in [0.717, 1.165) is 36.2 Å². The molecule has 2 aromatic rings. The second-order valence-electron chi connectivity index (χ2n) is 5.37. The summed E-state index contributed by atoms with van der Waals surface area (Å²) >= 11 is 0. The van der Waals surface area contributed by atoms with E-state index in [0.29, 0.717) is 6.04 Å². The zero-order valence-corrected chi connectivity index (χ0v) is 11.7. The van der Waals surface area contributed by atoms with Crippen molar-refractivity contribution in [3.63, 3.8) is 0 Å². The Morgan fingerprint density at radius 2 is 2.19 bits per heavy atom. The number of hydrogen-bond donors (Lipinski definition) is 2. The first-order chi connectivity index (χ1) is 10.2. The Morgan fingerprint density at radius 3 is 3.05 bits per heavy atom. The van der Waals surface area contributed by atoms with E-state index in [1.165, 1.54) is 18.9 Å². The number of rotatable bonds is 3. The molecule has 0 amide bonds. The van der Waals surface area contributed by atoms with Crippen LogP contribution in [-0.2, 0) is 0 Å². The SMILES string of the molecule is O=[N+]([O-])c1ccc2nc(NC3CCCCNC3)ccc2c1. The van der Waals surface area contributed by atoms with Crippen molar-refractivity contribution in [2.24, 2.45) is 0 Å². The van der Waals surface area contributed by atoms with Gasteiger partial charge in [0.2, 0.25) is 0 Å². The molecule has 3 rings (SSSR count). The maximum Gasteiger partial charge on any atom is 0.270 e. The Bertz CT molecular complexity index is 651. The summed E-state index contributed by atoms with van der Waals surface area (Å²) in [6.07, 6.45) is 3.56. The Labute approximate surface area is 122 Å². The lowest BCUT2D eigenvalue weighted by Gasteiger charge is -2.17. The largest absolute Gasteiger partial charge is 0.366 e. The molecule has 0 saturated carbocycles. The molecule has 2 N–H and O–H groups in total. The first-order valence-electron chi connectivity index (χ1n) is 7.25. The molecule has 0 aliphatic carbocycles. The van der Waals surface area contributed by atoms with Crippen LogP contribution in [-0.4, -0.2) is 29.0 Å². The monoisotopic (exact) mass is 286 g/mol. The second kappa shape index (κ2) is 6.05. The van der Waals surface area contributed by atoms with Crippen molar-refractivity contribution in [2.45, 2.75) is 25.3 Å². The van der Waals surface area contributed by atoms with Crippen molar-refractivity contribution in [1.82, 2.24) is 10.3 Å². The highest BCUT2D eigenvalue weighted by molar-refractivity contribution is 5.82. The van der Waals surface area contributed by atoms with E-state index >= 15 is 0 Å². The molecule has 0 spiro atoms. The molecule has 1 aromatic carbocycles. The molecule has 6 heteroatoms. The van der Waals surface area contributed by atoms with E-state index in [9.17, 15) is 10.1 Å². The number of hydrogen-bond acceptors (Lipinski definition) is 5. The molecule has 1 atom stereocenters. The average molecular weight is 286 g/mol. The van der Waals surface area contributed by atoms with E-state index in [1.807, 2.05) is 12.1 Å². The van der Waals surface area contributed by atoms with Crippen LogP contribution in [0.3, 0.4) is 0 Å². The first-order valence-corrected chi connectivity index (χ1v) is 7.25. The Kier molecular flexibility index (Phi) is 3.96. The minimum Gasteiger partial charge on any atom is -0.366 e. The Hall–Kier alpha value is -2.21. The maximum atomic E-state index is 10.8. The van der Waals surface area contributed by atoms with Gasteiger partial charge in [-0.05, 0) is 37.6 Å². The number of benzene rings is 1. The second-order valence-corrected chi connectivity index (χ2v) is 5.37. The van der Waals surface area contributed by atoms with Crippen LogP contribution in [0.5, 0.6) is 0 Å². The lowest BCUT2D eigenvalue weighted by atomic mass is 10.1. The summed E-state index contributed by atoms with van der Waals surface area (Å²) in [5.41, 5.74) is 0.866. The summed E-state index contributed by atoms with van der Waals surface area (Å²) in [6.45, 7) is 2.02. The van der Waals surface area contributed by atoms with Crippen LogP contribution in [0, 0.1) is 10.1 Å². The van der Waals surface area contributed by atoms with Crippen molar-refractivity contribution in [3.8, 4) is 0 Å².